The molecule has 7 nitrogen and oxygen atoms in total. The number of carboxylic acids is 1. The molecule has 0 spiro atoms. The third-order valence-electron chi connectivity index (χ3n) is 2.66. The van der Waals surface area contributed by atoms with Crippen LogP contribution in [-0.2, 0) is 11.3 Å². The number of urea groups is 1. The number of benzene rings is 1. The minimum atomic E-state index is -0.969. The summed E-state index contributed by atoms with van der Waals surface area (Å²) in [6, 6.07) is 2.94. The SMILES string of the molecule is CCOc1c(Cl)cc(CNC(=O)NCCC(=O)O)cc1OC. The minimum absolute atomic E-state index is 0.0640. The minimum Gasteiger partial charge on any atom is -0.493 e. The second kappa shape index (κ2) is 8.99. The van der Waals surface area contributed by atoms with Gasteiger partial charge in [0.05, 0.1) is 25.2 Å². The maximum absolute atomic E-state index is 11.5. The van der Waals surface area contributed by atoms with Crippen LogP contribution in [0.5, 0.6) is 11.5 Å². The van der Waals surface area contributed by atoms with Crippen LogP contribution in [0.15, 0.2) is 12.1 Å². The Morgan fingerprint density at radius 2 is 2.05 bits per heavy atom. The van der Waals surface area contributed by atoms with Gasteiger partial charge in [0.15, 0.2) is 11.5 Å². The van der Waals surface area contributed by atoms with Gasteiger partial charge in [-0.2, -0.15) is 0 Å². The molecule has 1 aromatic rings. The molecule has 0 heterocycles. The van der Waals surface area contributed by atoms with Crippen molar-refractivity contribution in [3.63, 3.8) is 0 Å². The highest BCUT2D eigenvalue weighted by Crippen LogP contribution is 2.36. The van der Waals surface area contributed by atoms with E-state index in [1.54, 1.807) is 12.1 Å². The van der Waals surface area contributed by atoms with Crippen LogP contribution in [0.2, 0.25) is 5.02 Å². The van der Waals surface area contributed by atoms with Gasteiger partial charge < -0.3 is 25.2 Å². The first-order valence-electron chi connectivity index (χ1n) is 6.70. The number of halogens is 1. The largest absolute Gasteiger partial charge is 0.493 e. The van der Waals surface area contributed by atoms with E-state index in [0.29, 0.717) is 23.1 Å². The lowest BCUT2D eigenvalue weighted by Crippen LogP contribution is -2.36. The highest BCUT2D eigenvalue weighted by molar-refractivity contribution is 6.32. The fourth-order valence-electron chi connectivity index (χ4n) is 1.69. The van der Waals surface area contributed by atoms with E-state index in [4.69, 9.17) is 26.2 Å². The van der Waals surface area contributed by atoms with Crippen molar-refractivity contribution in [1.82, 2.24) is 10.6 Å². The summed E-state index contributed by atoms with van der Waals surface area (Å²) in [5.74, 6) is -0.0258. The summed E-state index contributed by atoms with van der Waals surface area (Å²) in [5, 5.41) is 13.9. The van der Waals surface area contributed by atoms with E-state index >= 15 is 0 Å². The van der Waals surface area contributed by atoms with Gasteiger partial charge in [-0.05, 0) is 24.6 Å². The van der Waals surface area contributed by atoms with Crippen LogP contribution < -0.4 is 20.1 Å². The van der Waals surface area contributed by atoms with Gasteiger partial charge in [0, 0.05) is 13.1 Å². The molecule has 0 aliphatic carbocycles. The topological polar surface area (TPSA) is 96.9 Å². The fourth-order valence-corrected chi connectivity index (χ4v) is 1.98. The van der Waals surface area contributed by atoms with Crippen molar-refractivity contribution in [2.45, 2.75) is 19.9 Å². The molecule has 1 rings (SSSR count). The van der Waals surface area contributed by atoms with Crippen molar-refractivity contribution >= 4 is 23.6 Å². The molecule has 0 aliphatic rings. The quantitative estimate of drug-likeness (QED) is 0.677. The molecule has 0 bridgehead atoms. The average molecular weight is 331 g/mol. The summed E-state index contributed by atoms with van der Waals surface area (Å²) in [6.45, 7) is 2.59. The number of amides is 2. The number of hydrogen-bond acceptors (Lipinski definition) is 4. The number of carbonyl (C=O) groups is 2. The number of ether oxygens (including phenoxy) is 2. The van der Waals surface area contributed by atoms with E-state index in [9.17, 15) is 9.59 Å². The van der Waals surface area contributed by atoms with E-state index in [1.807, 2.05) is 6.92 Å². The second-order valence-corrected chi connectivity index (χ2v) is 4.70. The van der Waals surface area contributed by atoms with Gasteiger partial charge in [0.2, 0.25) is 0 Å². The molecule has 1 aromatic carbocycles. The summed E-state index contributed by atoms with van der Waals surface area (Å²) in [7, 11) is 1.50. The fraction of sp³-hybridized carbons (Fsp3) is 0.429. The lowest BCUT2D eigenvalue weighted by molar-refractivity contribution is -0.136. The molecule has 0 radical (unpaired) electrons. The standard InChI is InChI=1S/C14H19ClN2O5/c1-3-22-13-10(15)6-9(7-11(13)21-2)8-17-14(20)16-5-4-12(18)19/h6-7H,3-5,8H2,1-2H3,(H,18,19)(H2,16,17,20). The molecule has 122 valence electrons. The molecule has 8 heteroatoms. The number of rotatable bonds is 8. The van der Waals surface area contributed by atoms with Crippen LogP contribution >= 0.6 is 11.6 Å². The van der Waals surface area contributed by atoms with E-state index in [2.05, 4.69) is 10.6 Å². The number of carboxylic acid groups (broad SMARTS) is 1. The van der Waals surface area contributed by atoms with Gasteiger partial charge >= 0.3 is 12.0 Å². The molecular weight excluding hydrogens is 312 g/mol. The van der Waals surface area contributed by atoms with Gasteiger partial charge in [0.1, 0.15) is 0 Å². The Kier molecular flexibility index (Phi) is 7.31. The van der Waals surface area contributed by atoms with Crippen molar-refractivity contribution in [2.75, 3.05) is 20.3 Å². The molecule has 0 saturated heterocycles. The summed E-state index contributed by atoms with van der Waals surface area (Å²) in [4.78, 5) is 21.8. The Morgan fingerprint density at radius 1 is 1.32 bits per heavy atom. The lowest BCUT2D eigenvalue weighted by atomic mass is 10.2. The Morgan fingerprint density at radius 3 is 2.64 bits per heavy atom. The molecule has 0 fully saturated rings. The van der Waals surface area contributed by atoms with Crippen LogP contribution in [0.25, 0.3) is 0 Å². The zero-order chi connectivity index (χ0) is 16.5. The first-order valence-corrected chi connectivity index (χ1v) is 7.08. The van der Waals surface area contributed by atoms with E-state index < -0.39 is 12.0 Å². The van der Waals surface area contributed by atoms with Crippen molar-refractivity contribution < 1.29 is 24.2 Å². The van der Waals surface area contributed by atoms with Crippen LogP contribution in [-0.4, -0.2) is 37.4 Å². The molecule has 2 amide bonds. The molecule has 0 atom stereocenters. The maximum Gasteiger partial charge on any atom is 0.315 e. The maximum atomic E-state index is 11.5. The van der Waals surface area contributed by atoms with Crippen LogP contribution in [0, 0.1) is 0 Å². The van der Waals surface area contributed by atoms with Crippen LogP contribution in [0.4, 0.5) is 4.79 Å². The molecule has 0 saturated carbocycles. The normalized spacial score (nSPS) is 9.95. The van der Waals surface area contributed by atoms with Crippen LogP contribution in [0.3, 0.4) is 0 Å². The number of aliphatic carboxylic acids is 1. The predicted octanol–water partition coefficient (Wildman–Crippen LogP) is 2.02. The summed E-state index contributed by atoms with van der Waals surface area (Å²) in [5.41, 5.74) is 0.735. The number of nitrogens with one attached hydrogen (secondary N) is 2. The van der Waals surface area contributed by atoms with Gasteiger partial charge in [0.25, 0.3) is 0 Å². The van der Waals surface area contributed by atoms with Crippen molar-refractivity contribution in [3.8, 4) is 11.5 Å². The molecule has 3 N–H and O–H groups in total. The average Bonchev–Trinajstić information content (AvgIpc) is 2.47. The van der Waals surface area contributed by atoms with Crippen molar-refractivity contribution in [1.29, 1.82) is 0 Å². The third kappa shape index (κ3) is 5.69. The number of carbonyl (C=O) groups excluding carboxylic acids is 1. The zero-order valence-corrected chi connectivity index (χ0v) is 13.2. The zero-order valence-electron chi connectivity index (χ0n) is 12.4. The lowest BCUT2D eigenvalue weighted by Gasteiger charge is -2.13. The van der Waals surface area contributed by atoms with Gasteiger partial charge in [-0.3, -0.25) is 4.79 Å². The summed E-state index contributed by atoms with van der Waals surface area (Å²) >= 11 is 6.13. The van der Waals surface area contributed by atoms with Gasteiger partial charge in [-0.1, -0.05) is 11.6 Å². The third-order valence-corrected chi connectivity index (χ3v) is 2.94. The molecule has 0 unspecified atom stereocenters. The summed E-state index contributed by atoms with van der Waals surface area (Å²) in [6.07, 6.45) is -0.129. The Hall–Kier alpha value is -2.15. The first-order chi connectivity index (χ1) is 10.5. The number of hydrogen-bond donors (Lipinski definition) is 3. The van der Waals surface area contributed by atoms with E-state index in [1.165, 1.54) is 7.11 Å². The van der Waals surface area contributed by atoms with Crippen molar-refractivity contribution in [2.24, 2.45) is 0 Å². The predicted molar refractivity (Wildman–Crippen MR) is 81.7 cm³/mol. The second-order valence-electron chi connectivity index (χ2n) is 4.30. The monoisotopic (exact) mass is 330 g/mol. The molecular formula is C14H19ClN2O5. The van der Waals surface area contributed by atoms with Gasteiger partial charge in [-0.15, -0.1) is 0 Å². The van der Waals surface area contributed by atoms with Crippen LogP contribution in [0.1, 0.15) is 18.9 Å². The Labute approximate surface area is 133 Å². The highest BCUT2D eigenvalue weighted by atomic mass is 35.5. The molecule has 0 aromatic heterocycles. The smallest absolute Gasteiger partial charge is 0.315 e. The first kappa shape index (κ1) is 17.9. The van der Waals surface area contributed by atoms with E-state index in [0.717, 1.165) is 5.56 Å². The summed E-state index contributed by atoms with van der Waals surface area (Å²) < 4.78 is 10.6. The highest BCUT2D eigenvalue weighted by Gasteiger charge is 2.12. The molecule has 0 aliphatic heterocycles. The number of methoxy groups -OCH3 is 1. The Bertz CT molecular complexity index is 536. The Balaban J connectivity index is 2.60. The van der Waals surface area contributed by atoms with Crippen molar-refractivity contribution in [3.05, 3.63) is 22.7 Å². The van der Waals surface area contributed by atoms with E-state index in [-0.39, 0.29) is 19.5 Å². The van der Waals surface area contributed by atoms with Gasteiger partial charge in [-0.25, -0.2) is 4.79 Å². The molecule has 22 heavy (non-hydrogen) atoms.